The number of ether oxygens (including phenoxy) is 1. The first-order chi connectivity index (χ1) is 9.01. The van der Waals surface area contributed by atoms with Crippen LogP contribution in [0.4, 0.5) is 4.79 Å². The van der Waals surface area contributed by atoms with Crippen molar-refractivity contribution >= 4 is 22.1 Å². The van der Waals surface area contributed by atoms with E-state index in [9.17, 15) is 18.0 Å². The molecule has 0 heterocycles. The van der Waals surface area contributed by atoms with E-state index in [1.54, 1.807) is 25.5 Å². The Morgan fingerprint density at radius 2 is 1.65 bits per heavy atom. The van der Waals surface area contributed by atoms with Gasteiger partial charge in [0, 0.05) is 0 Å². The Labute approximate surface area is 116 Å². The topological polar surface area (TPSA) is 110 Å². The van der Waals surface area contributed by atoms with Gasteiger partial charge in [-0.05, 0) is 45.0 Å². The fourth-order valence-electron chi connectivity index (χ4n) is 1.24. The first-order valence-corrected chi connectivity index (χ1v) is 7.09. The van der Waals surface area contributed by atoms with Gasteiger partial charge in [-0.2, -0.15) is 0 Å². The number of hydrogen-bond acceptors (Lipinski definition) is 5. The lowest BCUT2D eigenvalue weighted by Gasteiger charge is -2.19. The number of amides is 1. The van der Waals surface area contributed by atoms with Crippen LogP contribution in [0.3, 0.4) is 0 Å². The highest BCUT2D eigenvalue weighted by atomic mass is 32.2. The van der Waals surface area contributed by atoms with Gasteiger partial charge in [0.25, 0.3) is 10.0 Å². The average Bonchev–Trinajstić information content (AvgIpc) is 2.25. The minimum atomic E-state index is -4.09. The highest BCUT2D eigenvalue weighted by Gasteiger charge is 2.22. The van der Waals surface area contributed by atoms with E-state index in [0.29, 0.717) is 0 Å². The lowest BCUT2D eigenvalue weighted by Crippen LogP contribution is -2.36. The number of carbonyl (C=O) groups is 2. The van der Waals surface area contributed by atoms with Crippen LogP contribution in [-0.4, -0.2) is 31.2 Å². The van der Waals surface area contributed by atoms with Crippen LogP contribution in [0, 0.1) is 0 Å². The van der Waals surface area contributed by atoms with Crippen molar-refractivity contribution in [2.45, 2.75) is 31.3 Å². The fraction of sp³-hybridized carbons (Fsp3) is 0.333. The summed E-state index contributed by atoms with van der Waals surface area (Å²) in [6.07, 6.45) is -1.10. The summed E-state index contributed by atoms with van der Waals surface area (Å²) in [5.74, 6) is -1.17. The lowest BCUT2D eigenvalue weighted by molar-refractivity contribution is 0.0569. The number of hydrogen-bond donors (Lipinski definition) is 2. The number of carboxylic acids is 1. The number of aromatic carboxylic acids is 1. The van der Waals surface area contributed by atoms with E-state index in [1.165, 1.54) is 0 Å². The van der Waals surface area contributed by atoms with Gasteiger partial charge in [-0.25, -0.2) is 22.7 Å². The van der Waals surface area contributed by atoms with Crippen LogP contribution < -0.4 is 4.72 Å². The first-order valence-electron chi connectivity index (χ1n) is 5.60. The van der Waals surface area contributed by atoms with Crippen LogP contribution in [0.5, 0.6) is 0 Å². The van der Waals surface area contributed by atoms with Gasteiger partial charge in [0.05, 0.1) is 10.5 Å². The largest absolute Gasteiger partial charge is 0.478 e. The second-order valence-corrected chi connectivity index (χ2v) is 6.62. The third kappa shape index (κ3) is 4.54. The van der Waals surface area contributed by atoms with Gasteiger partial charge in [0.1, 0.15) is 5.60 Å². The van der Waals surface area contributed by atoms with Crippen LogP contribution in [0.15, 0.2) is 29.2 Å². The third-order valence-corrected chi connectivity index (χ3v) is 3.36. The van der Waals surface area contributed by atoms with Crippen molar-refractivity contribution in [1.82, 2.24) is 4.72 Å². The molecule has 0 aliphatic heterocycles. The Kier molecular flexibility index (Phi) is 4.39. The molecular weight excluding hydrogens is 286 g/mol. The Morgan fingerprint density at radius 1 is 1.15 bits per heavy atom. The maximum absolute atomic E-state index is 11.9. The zero-order valence-corrected chi connectivity index (χ0v) is 12.0. The summed E-state index contributed by atoms with van der Waals surface area (Å²) < 4.78 is 30.3. The van der Waals surface area contributed by atoms with Gasteiger partial charge in [0.15, 0.2) is 0 Å². The minimum absolute atomic E-state index is 0.0544. The van der Waals surface area contributed by atoms with E-state index < -0.39 is 27.7 Å². The highest BCUT2D eigenvalue weighted by molar-refractivity contribution is 7.90. The van der Waals surface area contributed by atoms with Crippen molar-refractivity contribution < 1.29 is 27.9 Å². The summed E-state index contributed by atoms with van der Waals surface area (Å²) in [7, 11) is -4.09. The van der Waals surface area contributed by atoms with E-state index in [1.807, 2.05) is 0 Å². The molecule has 7 nitrogen and oxygen atoms in total. The van der Waals surface area contributed by atoms with Crippen molar-refractivity contribution in [3.8, 4) is 0 Å². The summed E-state index contributed by atoms with van der Waals surface area (Å²) in [4.78, 5) is 21.8. The maximum Gasteiger partial charge on any atom is 0.421 e. The molecular formula is C12H15NO6S. The molecule has 0 saturated carbocycles. The summed E-state index contributed by atoms with van der Waals surface area (Å²) in [6.45, 7) is 4.79. The van der Waals surface area contributed by atoms with Gasteiger partial charge in [-0.15, -0.1) is 0 Å². The molecule has 8 heteroatoms. The second-order valence-electron chi connectivity index (χ2n) is 4.94. The summed E-state index contributed by atoms with van der Waals surface area (Å²) in [6, 6.07) is 4.45. The standard InChI is InChI=1S/C12H15NO6S/c1-12(2,3)19-11(16)13-20(17,18)9-6-4-8(5-7-9)10(14)15/h4-7H,1-3H3,(H,13,16)(H,14,15). The van der Waals surface area contributed by atoms with Gasteiger partial charge < -0.3 is 9.84 Å². The van der Waals surface area contributed by atoms with E-state index >= 15 is 0 Å². The van der Waals surface area contributed by atoms with Crippen molar-refractivity contribution in [3.05, 3.63) is 29.8 Å². The second kappa shape index (κ2) is 5.49. The Balaban J connectivity index is 2.89. The molecule has 1 aromatic carbocycles. The molecule has 0 bridgehead atoms. The van der Waals surface area contributed by atoms with Crippen molar-refractivity contribution in [3.63, 3.8) is 0 Å². The molecule has 0 atom stereocenters. The molecule has 0 spiro atoms. The van der Waals surface area contributed by atoms with E-state index in [-0.39, 0.29) is 10.5 Å². The predicted molar refractivity (Wildman–Crippen MR) is 70.0 cm³/mol. The fourth-order valence-corrected chi connectivity index (χ4v) is 2.12. The number of rotatable bonds is 3. The molecule has 0 saturated heterocycles. The summed E-state index contributed by atoms with van der Waals surface area (Å²) in [5.41, 5.74) is -0.881. The molecule has 1 aromatic rings. The average molecular weight is 301 g/mol. The monoisotopic (exact) mass is 301 g/mol. The number of sulfonamides is 1. The zero-order chi connectivity index (χ0) is 15.6. The Morgan fingerprint density at radius 3 is 2.05 bits per heavy atom. The minimum Gasteiger partial charge on any atom is -0.478 e. The Bertz CT molecular complexity index is 612. The quantitative estimate of drug-likeness (QED) is 0.877. The highest BCUT2D eigenvalue weighted by Crippen LogP contribution is 2.12. The zero-order valence-electron chi connectivity index (χ0n) is 11.2. The number of carbonyl (C=O) groups excluding carboxylic acids is 1. The summed E-state index contributed by atoms with van der Waals surface area (Å²) >= 11 is 0. The van der Waals surface area contributed by atoms with Crippen LogP contribution in [0.25, 0.3) is 0 Å². The van der Waals surface area contributed by atoms with Gasteiger partial charge in [-0.1, -0.05) is 0 Å². The first kappa shape index (κ1) is 16.0. The van der Waals surface area contributed by atoms with E-state index in [2.05, 4.69) is 0 Å². The van der Waals surface area contributed by atoms with E-state index in [0.717, 1.165) is 24.3 Å². The van der Waals surface area contributed by atoms with E-state index in [4.69, 9.17) is 9.84 Å². The lowest BCUT2D eigenvalue weighted by atomic mass is 10.2. The number of carboxylic acid groups (broad SMARTS) is 1. The smallest absolute Gasteiger partial charge is 0.421 e. The van der Waals surface area contributed by atoms with Crippen molar-refractivity contribution in [2.24, 2.45) is 0 Å². The molecule has 0 aliphatic rings. The molecule has 0 radical (unpaired) electrons. The Hall–Kier alpha value is -2.09. The van der Waals surface area contributed by atoms with Crippen LogP contribution in [0.1, 0.15) is 31.1 Å². The third-order valence-electron chi connectivity index (χ3n) is 2.03. The molecule has 110 valence electrons. The van der Waals surface area contributed by atoms with Gasteiger partial charge in [-0.3, -0.25) is 0 Å². The van der Waals surface area contributed by atoms with Crippen LogP contribution in [0.2, 0.25) is 0 Å². The molecule has 20 heavy (non-hydrogen) atoms. The van der Waals surface area contributed by atoms with Crippen molar-refractivity contribution in [2.75, 3.05) is 0 Å². The maximum atomic E-state index is 11.9. The molecule has 0 aliphatic carbocycles. The SMILES string of the molecule is CC(C)(C)OC(=O)NS(=O)(=O)c1ccc(C(=O)O)cc1. The molecule has 0 unspecified atom stereocenters. The molecule has 2 N–H and O–H groups in total. The van der Waals surface area contributed by atoms with Crippen molar-refractivity contribution in [1.29, 1.82) is 0 Å². The molecule has 0 aromatic heterocycles. The van der Waals surface area contributed by atoms with Crippen LogP contribution >= 0.6 is 0 Å². The van der Waals surface area contributed by atoms with Gasteiger partial charge >= 0.3 is 12.1 Å². The molecule has 1 amide bonds. The van der Waals surface area contributed by atoms with Gasteiger partial charge in [0.2, 0.25) is 0 Å². The number of benzene rings is 1. The summed E-state index contributed by atoms with van der Waals surface area (Å²) in [5, 5.41) is 8.71. The molecule has 1 rings (SSSR count). The molecule has 0 fully saturated rings. The predicted octanol–water partition coefficient (Wildman–Crippen LogP) is 1.60. The van der Waals surface area contributed by atoms with Crippen LogP contribution in [-0.2, 0) is 14.8 Å². The number of nitrogens with one attached hydrogen (secondary N) is 1. The normalized spacial score (nSPS) is 11.8.